The SMILES string of the molecule is C=CCS(=O)(=O)N1CCCC(C)(C(=O)O)C1. The standard InChI is InChI=1S/C10H17NO4S/c1-3-7-16(14,15)11-6-4-5-10(2,8-11)9(12)13/h3H,1,4-8H2,2H3,(H,12,13). The Balaban J connectivity index is 2.86. The van der Waals surface area contributed by atoms with E-state index in [1.54, 1.807) is 6.92 Å². The maximum atomic E-state index is 11.8. The summed E-state index contributed by atoms with van der Waals surface area (Å²) in [6.07, 6.45) is 2.42. The fourth-order valence-corrected chi connectivity index (χ4v) is 3.26. The minimum absolute atomic E-state index is 0.0541. The highest BCUT2D eigenvalue weighted by atomic mass is 32.2. The molecule has 1 heterocycles. The summed E-state index contributed by atoms with van der Waals surface area (Å²) < 4.78 is 24.8. The molecule has 16 heavy (non-hydrogen) atoms. The largest absolute Gasteiger partial charge is 0.481 e. The molecule has 92 valence electrons. The Morgan fingerprint density at radius 1 is 1.62 bits per heavy atom. The van der Waals surface area contributed by atoms with Crippen molar-refractivity contribution in [2.45, 2.75) is 19.8 Å². The van der Waals surface area contributed by atoms with E-state index in [1.807, 2.05) is 0 Å². The zero-order valence-electron chi connectivity index (χ0n) is 9.35. The van der Waals surface area contributed by atoms with Crippen molar-refractivity contribution in [3.63, 3.8) is 0 Å². The number of aliphatic carboxylic acids is 1. The molecule has 6 heteroatoms. The van der Waals surface area contributed by atoms with E-state index in [0.717, 1.165) is 0 Å². The summed E-state index contributed by atoms with van der Waals surface area (Å²) in [6.45, 7) is 5.43. The highest BCUT2D eigenvalue weighted by molar-refractivity contribution is 7.89. The highest BCUT2D eigenvalue weighted by Gasteiger charge is 2.41. The number of carboxylic acids is 1. The van der Waals surface area contributed by atoms with E-state index >= 15 is 0 Å². The average molecular weight is 247 g/mol. The number of rotatable bonds is 4. The molecule has 0 amide bonds. The number of nitrogens with zero attached hydrogens (tertiary/aromatic N) is 1. The van der Waals surface area contributed by atoms with E-state index in [4.69, 9.17) is 5.11 Å². The van der Waals surface area contributed by atoms with Crippen molar-refractivity contribution in [1.29, 1.82) is 0 Å². The second-order valence-corrected chi connectivity index (χ2v) is 6.38. The van der Waals surface area contributed by atoms with E-state index in [-0.39, 0.29) is 12.3 Å². The Bertz CT molecular complexity index is 390. The molecular weight excluding hydrogens is 230 g/mol. The van der Waals surface area contributed by atoms with Crippen molar-refractivity contribution < 1.29 is 18.3 Å². The van der Waals surface area contributed by atoms with Gasteiger partial charge in [-0.05, 0) is 19.8 Å². The maximum Gasteiger partial charge on any atom is 0.310 e. The van der Waals surface area contributed by atoms with Gasteiger partial charge in [0, 0.05) is 13.1 Å². The molecule has 0 bridgehead atoms. The molecule has 1 fully saturated rings. The van der Waals surface area contributed by atoms with E-state index in [9.17, 15) is 13.2 Å². The fourth-order valence-electron chi connectivity index (χ4n) is 1.86. The number of carboxylic acid groups (broad SMARTS) is 1. The third-order valence-corrected chi connectivity index (χ3v) is 4.65. The van der Waals surface area contributed by atoms with Gasteiger partial charge in [-0.1, -0.05) is 6.08 Å². The van der Waals surface area contributed by atoms with Crippen molar-refractivity contribution in [1.82, 2.24) is 4.31 Å². The van der Waals surface area contributed by atoms with Gasteiger partial charge >= 0.3 is 5.97 Å². The molecule has 1 aliphatic rings. The molecule has 1 saturated heterocycles. The van der Waals surface area contributed by atoms with Crippen LogP contribution in [0, 0.1) is 5.41 Å². The fraction of sp³-hybridized carbons (Fsp3) is 0.700. The van der Waals surface area contributed by atoms with Gasteiger partial charge in [0.1, 0.15) is 0 Å². The average Bonchev–Trinajstić information content (AvgIpc) is 2.17. The van der Waals surface area contributed by atoms with Gasteiger partial charge in [-0.3, -0.25) is 4.79 Å². The first-order valence-electron chi connectivity index (χ1n) is 5.14. The summed E-state index contributed by atoms with van der Waals surface area (Å²) in [5.74, 6) is -1.08. The van der Waals surface area contributed by atoms with Crippen molar-refractivity contribution in [3.05, 3.63) is 12.7 Å². The van der Waals surface area contributed by atoms with Crippen molar-refractivity contribution >= 4 is 16.0 Å². The predicted octanol–water partition coefficient (Wildman–Crippen LogP) is 0.689. The van der Waals surface area contributed by atoms with Crippen LogP contribution < -0.4 is 0 Å². The van der Waals surface area contributed by atoms with Crippen molar-refractivity contribution in [2.75, 3.05) is 18.8 Å². The molecule has 0 aromatic heterocycles. The lowest BCUT2D eigenvalue weighted by atomic mass is 9.83. The number of hydrogen-bond donors (Lipinski definition) is 1. The van der Waals surface area contributed by atoms with Gasteiger partial charge in [0.2, 0.25) is 10.0 Å². The summed E-state index contributed by atoms with van der Waals surface area (Å²) in [4.78, 5) is 11.1. The molecule has 1 rings (SSSR count). The summed E-state index contributed by atoms with van der Waals surface area (Å²) in [5.41, 5.74) is -0.966. The van der Waals surface area contributed by atoms with Crippen LogP contribution >= 0.6 is 0 Å². The van der Waals surface area contributed by atoms with Crippen LogP contribution in [-0.2, 0) is 14.8 Å². The Hall–Kier alpha value is -0.880. The Morgan fingerprint density at radius 2 is 2.25 bits per heavy atom. The first-order chi connectivity index (χ1) is 7.32. The Kier molecular flexibility index (Phi) is 3.75. The normalized spacial score (nSPS) is 27.6. The van der Waals surface area contributed by atoms with Crippen LogP contribution in [0.4, 0.5) is 0 Å². The van der Waals surface area contributed by atoms with Gasteiger partial charge in [0.25, 0.3) is 0 Å². The van der Waals surface area contributed by atoms with Gasteiger partial charge in [0.15, 0.2) is 0 Å². The summed E-state index contributed by atoms with van der Waals surface area (Å²) in [6, 6.07) is 0. The van der Waals surface area contributed by atoms with E-state index < -0.39 is 21.4 Å². The Morgan fingerprint density at radius 3 is 2.75 bits per heavy atom. The molecule has 1 atom stereocenters. The van der Waals surface area contributed by atoms with Crippen LogP contribution in [0.3, 0.4) is 0 Å². The molecule has 0 radical (unpaired) electrons. The van der Waals surface area contributed by atoms with Crippen molar-refractivity contribution in [2.24, 2.45) is 5.41 Å². The molecular formula is C10H17NO4S. The topological polar surface area (TPSA) is 74.7 Å². The first-order valence-corrected chi connectivity index (χ1v) is 6.75. The highest BCUT2D eigenvalue weighted by Crippen LogP contribution is 2.31. The van der Waals surface area contributed by atoms with Gasteiger partial charge in [-0.2, -0.15) is 0 Å². The van der Waals surface area contributed by atoms with Crippen LogP contribution in [0.2, 0.25) is 0 Å². The summed E-state index contributed by atoms with van der Waals surface area (Å²) in [5, 5.41) is 9.07. The number of sulfonamides is 1. The molecule has 0 aromatic carbocycles. The van der Waals surface area contributed by atoms with Crippen LogP contribution in [0.15, 0.2) is 12.7 Å². The number of piperidine rings is 1. The molecule has 1 N–H and O–H groups in total. The van der Waals surface area contributed by atoms with Gasteiger partial charge < -0.3 is 5.11 Å². The molecule has 1 unspecified atom stereocenters. The molecule has 0 spiro atoms. The summed E-state index contributed by atoms with van der Waals surface area (Å²) >= 11 is 0. The second-order valence-electron chi connectivity index (χ2n) is 4.37. The van der Waals surface area contributed by atoms with E-state index in [2.05, 4.69) is 6.58 Å². The first kappa shape index (κ1) is 13.2. The maximum absolute atomic E-state index is 11.8. The molecule has 0 aliphatic carbocycles. The van der Waals surface area contributed by atoms with E-state index in [1.165, 1.54) is 10.4 Å². The number of carbonyl (C=O) groups is 1. The lowest BCUT2D eigenvalue weighted by Crippen LogP contribution is -2.48. The Labute approximate surface area is 95.8 Å². The zero-order chi connectivity index (χ0) is 12.4. The summed E-state index contributed by atoms with van der Waals surface area (Å²) in [7, 11) is -3.39. The smallest absolute Gasteiger partial charge is 0.310 e. The second kappa shape index (κ2) is 4.55. The van der Waals surface area contributed by atoms with Crippen LogP contribution in [-0.4, -0.2) is 42.6 Å². The predicted molar refractivity (Wildman–Crippen MR) is 60.5 cm³/mol. The van der Waals surface area contributed by atoms with Gasteiger partial charge in [-0.15, -0.1) is 6.58 Å². The molecule has 0 saturated carbocycles. The lowest BCUT2D eigenvalue weighted by Gasteiger charge is -2.36. The minimum atomic E-state index is -3.39. The van der Waals surface area contributed by atoms with Crippen LogP contribution in [0.25, 0.3) is 0 Å². The van der Waals surface area contributed by atoms with Gasteiger partial charge in [-0.25, -0.2) is 12.7 Å². The molecule has 1 aliphatic heterocycles. The molecule has 5 nitrogen and oxygen atoms in total. The third-order valence-electron chi connectivity index (χ3n) is 2.90. The van der Waals surface area contributed by atoms with Crippen LogP contribution in [0.1, 0.15) is 19.8 Å². The zero-order valence-corrected chi connectivity index (χ0v) is 10.2. The van der Waals surface area contributed by atoms with Crippen molar-refractivity contribution in [3.8, 4) is 0 Å². The number of hydrogen-bond acceptors (Lipinski definition) is 3. The monoisotopic (exact) mass is 247 g/mol. The van der Waals surface area contributed by atoms with E-state index in [0.29, 0.717) is 19.4 Å². The lowest BCUT2D eigenvalue weighted by molar-refractivity contribution is -0.150. The molecule has 0 aromatic rings. The van der Waals surface area contributed by atoms with Crippen LogP contribution in [0.5, 0.6) is 0 Å². The minimum Gasteiger partial charge on any atom is -0.481 e. The third kappa shape index (κ3) is 2.62. The quantitative estimate of drug-likeness (QED) is 0.742. The van der Waals surface area contributed by atoms with Gasteiger partial charge in [0.05, 0.1) is 11.2 Å².